The zero-order valence-electron chi connectivity index (χ0n) is 11.2. The molecule has 3 heteroatoms. The molecule has 0 aliphatic carbocycles. The van der Waals surface area contributed by atoms with E-state index in [1.165, 1.54) is 11.1 Å². The maximum atomic E-state index is 10.5. The maximum Gasteiger partial charge on any atom is 0.303 e. The van der Waals surface area contributed by atoms with Gasteiger partial charge in [0, 0.05) is 26.1 Å². The van der Waals surface area contributed by atoms with Gasteiger partial charge in [0.25, 0.3) is 0 Å². The summed E-state index contributed by atoms with van der Waals surface area (Å²) in [6.45, 7) is 3.06. The highest BCUT2D eigenvalue weighted by Crippen LogP contribution is 2.18. The molecule has 19 heavy (non-hydrogen) atoms. The summed E-state index contributed by atoms with van der Waals surface area (Å²) in [7, 11) is 0. The lowest BCUT2D eigenvalue weighted by Gasteiger charge is -2.26. The number of nitrogens with zero attached hydrogens (tertiary/aromatic N) is 1. The monoisotopic (exact) mass is 259 g/mol. The number of hydrogen-bond donors (Lipinski definition) is 1. The summed E-state index contributed by atoms with van der Waals surface area (Å²) in [4.78, 5) is 12.9. The van der Waals surface area contributed by atoms with Crippen LogP contribution in [0.1, 0.15) is 31.2 Å². The van der Waals surface area contributed by atoms with E-state index in [9.17, 15) is 4.79 Å². The van der Waals surface area contributed by atoms with Crippen LogP contribution in [0.5, 0.6) is 0 Å². The Morgan fingerprint density at radius 2 is 2.05 bits per heavy atom. The van der Waals surface area contributed by atoms with Crippen LogP contribution in [0, 0.1) is 0 Å². The number of aliphatic carboxylic acids is 1. The molecule has 0 spiro atoms. The third-order valence-electron chi connectivity index (χ3n) is 3.52. The largest absolute Gasteiger partial charge is 0.481 e. The second-order valence-electron chi connectivity index (χ2n) is 5.08. The molecular weight excluding hydrogens is 238 g/mol. The van der Waals surface area contributed by atoms with E-state index in [0.717, 1.165) is 38.9 Å². The van der Waals surface area contributed by atoms with Crippen molar-refractivity contribution in [3.63, 3.8) is 0 Å². The van der Waals surface area contributed by atoms with Gasteiger partial charge in [-0.25, -0.2) is 0 Å². The van der Waals surface area contributed by atoms with Gasteiger partial charge in [-0.3, -0.25) is 9.69 Å². The van der Waals surface area contributed by atoms with E-state index in [4.69, 9.17) is 5.11 Å². The molecule has 0 fully saturated rings. The van der Waals surface area contributed by atoms with Crippen LogP contribution in [0.2, 0.25) is 0 Å². The molecule has 0 unspecified atom stereocenters. The van der Waals surface area contributed by atoms with Gasteiger partial charge in [0.05, 0.1) is 0 Å². The Morgan fingerprint density at radius 1 is 1.26 bits per heavy atom. The topological polar surface area (TPSA) is 40.5 Å². The molecule has 1 N–H and O–H groups in total. The van der Waals surface area contributed by atoms with Crippen LogP contribution in [-0.2, 0) is 11.3 Å². The van der Waals surface area contributed by atoms with Crippen LogP contribution >= 0.6 is 0 Å². The third-order valence-corrected chi connectivity index (χ3v) is 3.52. The van der Waals surface area contributed by atoms with Gasteiger partial charge in [-0.2, -0.15) is 0 Å². The number of carboxylic acid groups (broad SMARTS) is 1. The van der Waals surface area contributed by atoms with E-state index in [0.29, 0.717) is 0 Å². The molecule has 0 radical (unpaired) electrons. The Morgan fingerprint density at radius 3 is 2.68 bits per heavy atom. The highest BCUT2D eigenvalue weighted by Gasteiger charge is 2.12. The highest BCUT2D eigenvalue weighted by molar-refractivity contribution is 5.66. The molecule has 2 rings (SSSR count). The molecule has 0 atom stereocenters. The summed E-state index contributed by atoms with van der Waals surface area (Å²) in [5, 5.41) is 8.62. The minimum Gasteiger partial charge on any atom is -0.481 e. The molecule has 0 amide bonds. The van der Waals surface area contributed by atoms with Crippen molar-refractivity contribution in [3.05, 3.63) is 47.5 Å². The molecular formula is C16H21NO2. The lowest BCUT2D eigenvalue weighted by Crippen LogP contribution is -2.28. The first-order valence-electron chi connectivity index (χ1n) is 6.90. The molecule has 0 bridgehead atoms. The molecule has 0 aromatic heterocycles. The second-order valence-corrected chi connectivity index (χ2v) is 5.08. The molecule has 1 aromatic carbocycles. The Bertz CT molecular complexity index is 439. The van der Waals surface area contributed by atoms with Gasteiger partial charge >= 0.3 is 5.97 Å². The molecule has 1 heterocycles. The van der Waals surface area contributed by atoms with Crippen molar-refractivity contribution in [3.8, 4) is 0 Å². The fourth-order valence-electron chi connectivity index (χ4n) is 2.43. The van der Waals surface area contributed by atoms with Crippen LogP contribution in [-0.4, -0.2) is 29.1 Å². The van der Waals surface area contributed by atoms with Crippen molar-refractivity contribution >= 4 is 5.97 Å². The number of carbonyl (C=O) groups is 1. The van der Waals surface area contributed by atoms with Gasteiger partial charge in [0.2, 0.25) is 0 Å². The Balaban J connectivity index is 1.75. The van der Waals surface area contributed by atoms with Gasteiger partial charge in [-0.15, -0.1) is 0 Å². The van der Waals surface area contributed by atoms with Crippen LogP contribution in [0.3, 0.4) is 0 Å². The van der Waals surface area contributed by atoms with Crippen LogP contribution in [0.15, 0.2) is 42.0 Å². The number of hydrogen-bond acceptors (Lipinski definition) is 2. The second kappa shape index (κ2) is 7.10. The number of benzene rings is 1. The lowest BCUT2D eigenvalue weighted by atomic mass is 10.0. The average Bonchev–Trinajstić information content (AvgIpc) is 2.42. The van der Waals surface area contributed by atoms with E-state index in [1.54, 1.807) is 0 Å². The molecule has 1 aliphatic rings. The van der Waals surface area contributed by atoms with Crippen molar-refractivity contribution in [1.82, 2.24) is 4.90 Å². The molecule has 0 saturated heterocycles. The minimum absolute atomic E-state index is 0.283. The van der Waals surface area contributed by atoms with Gasteiger partial charge in [0.15, 0.2) is 0 Å². The van der Waals surface area contributed by atoms with Crippen molar-refractivity contribution in [2.24, 2.45) is 0 Å². The van der Waals surface area contributed by atoms with Crippen LogP contribution in [0.25, 0.3) is 0 Å². The number of carboxylic acids is 1. The quantitative estimate of drug-likeness (QED) is 0.798. The predicted octanol–water partition coefficient (Wildman–Crippen LogP) is 3.07. The Labute approximate surface area is 114 Å². The predicted molar refractivity (Wildman–Crippen MR) is 75.9 cm³/mol. The zero-order chi connectivity index (χ0) is 13.5. The molecule has 102 valence electrons. The third kappa shape index (κ3) is 4.87. The summed E-state index contributed by atoms with van der Waals surface area (Å²) in [5.41, 5.74) is 2.77. The zero-order valence-corrected chi connectivity index (χ0v) is 11.2. The Kier molecular flexibility index (Phi) is 5.16. The average molecular weight is 259 g/mol. The fraction of sp³-hybridized carbons (Fsp3) is 0.438. The number of rotatable bonds is 6. The summed E-state index contributed by atoms with van der Waals surface area (Å²) in [5.74, 6) is -0.692. The summed E-state index contributed by atoms with van der Waals surface area (Å²) >= 11 is 0. The maximum absolute atomic E-state index is 10.5. The lowest BCUT2D eigenvalue weighted by molar-refractivity contribution is -0.137. The molecule has 1 aromatic rings. The molecule has 0 saturated carbocycles. The van der Waals surface area contributed by atoms with Crippen LogP contribution < -0.4 is 0 Å². The van der Waals surface area contributed by atoms with Gasteiger partial charge in [-0.1, -0.05) is 42.0 Å². The normalized spacial score (nSPS) is 16.1. The first-order valence-corrected chi connectivity index (χ1v) is 6.90. The minimum atomic E-state index is -0.692. The standard InChI is InChI=1S/C16H21NO2/c18-16(19)8-4-7-14-9-11-17(12-10-14)13-15-5-2-1-3-6-15/h1-3,5-6,9H,4,7-8,10-13H2,(H,18,19). The van der Waals surface area contributed by atoms with E-state index in [-0.39, 0.29) is 6.42 Å². The van der Waals surface area contributed by atoms with Crippen molar-refractivity contribution < 1.29 is 9.90 Å². The smallest absolute Gasteiger partial charge is 0.303 e. The first kappa shape index (κ1) is 13.8. The van der Waals surface area contributed by atoms with Crippen molar-refractivity contribution in [2.75, 3.05) is 13.1 Å². The van der Waals surface area contributed by atoms with Crippen molar-refractivity contribution in [2.45, 2.75) is 32.2 Å². The van der Waals surface area contributed by atoms with Crippen molar-refractivity contribution in [1.29, 1.82) is 0 Å². The van der Waals surface area contributed by atoms with Gasteiger partial charge in [0.1, 0.15) is 0 Å². The first-order chi connectivity index (χ1) is 9.24. The molecule has 3 nitrogen and oxygen atoms in total. The molecule has 1 aliphatic heterocycles. The van der Waals surface area contributed by atoms with E-state index < -0.39 is 5.97 Å². The Hall–Kier alpha value is -1.61. The van der Waals surface area contributed by atoms with Crippen LogP contribution in [0.4, 0.5) is 0 Å². The highest BCUT2D eigenvalue weighted by atomic mass is 16.4. The van der Waals surface area contributed by atoms with E-state index >= 15 is 0 Å². The van der Waals surface area contributed by atoms with E-state index in [1.807, 2.05) is 6.07 Å². The fourth-order valence-corrected chi connectivity index (χ4v) is 2.43. The summed E-state index contributed by atoms with van der Waals surface area (Å²) in [6, 6.07) is 10.5. The van der Waals surface area contributed by atoms with E-state index in [2.05, 4.69) is 35.2 Å². The SMILES string of the molecule is O=C(O)CCCC1=CCN(Cc2ccccc2)CC1. The van der Waals surface area contributed by atoms with Gasteiger partial charge < -0.3 is 5.11 Å². The summed E-state index contributed by atoms with van der Waals surface area (Å²) < 4.78 is 0. The summed E-state index contributed by atoms with van der Waals surface area (Å²) in [6.07, 6.45) is 5.33. The van der Waals surface area contributed by atoms with Gasteiger partial charge in [-0.05, 0) is 24.8 Å².